The van der Waals surface area contributed by atoms with Gasteiger partial charge in [-0.25, -0.2) is 13.2 Å². The van der Waals surface area contributed by atoms with Gasteiger partial charge in [0.05, 0.1) is 41.5 Å². The van der Waals surface area contributed by atoms with Crippen molar-refractivity contribution >= 4 is 26.7 Å². The SMILES string of the molecule is COc1cc2c(c3oc(=O)c(CC(=O)N[C@@]4(C)CCS(=O)(=O)C4)c(C)c13)CCC(C)(C)O2. The third kappa shape index (κ3) is 4.10. The van der Waals surface area contributed by atoms with Crippen molar-refractivity contribution in [1.29, 1.82) is 0 Å². The molecule has 32 heavy (non-hydrogen) atoms. The van der Waals surface area contributed by atoms with Gasteiger partial charge >= 0.3 is 5.63 Å². The van der Waals surface area contributed by atoms with E-state index in [9.17, 15) is 18.0 Å². The van der Waals surface area contributed by atoms with Crippen LogP contribution in [0, 0.1) is 6.92 Å². The predicted octanol–water partition coefficient (Wildman–Crippen LogP) is 2.45. The molecule has 4 rings (SSSR count). The molecule has 2 aromatic rings. The molecule has 0 spiro atoms. The lowest BCUT2D eigenvalue weighted by Crippen LogP contribution is -2.47. The average molecular weight is 464 g/mol. The van der Waals surface area contributed by atoms with Gasteiger partial charge < -0.3 is 19.2 Å². The second kappa shape index (κ2) is 7.50. The van der Waals surface area contributed by atoms with Crippen LogP contribution in [-0.2, 0) is 27.5 Å². The summed E-state index contributed by atoms with van der Waals surface area (Å²) in [6.45, 7) is 7.49. The van der Waals surface area contributed by atoms with Crippen LogP contribution in [0.5, 0.6) is 11.5 Å². The Morgan fingerprint density at radius 2 is 1.97 bits per heavy atom. The maximum atomic E-state index is 12.9. The number of amides is 1. The summed E-state index contributed by atoms with van der Waals surface area (Å²) >= 11 is 0. The first-order chi connectivity index (χ1) is 14.8. The third-order valence-corrected chi connectivity index (χ3v) is 8.34. The van der Waals surface area contributed by atoms with Gasteiger partial charge in [0.2, 0.25) is 5.91 Å². The summed E-state index contributed by atoms with van der Waals surface area (Å²) in [5, 5.41) is 3.44. The molecule has 1 atom stereocenters. The molecule has 1 saturated heterocycles. The number of aryl methyl sites for hydroxylation is 2. The fourth-order valence-corrected chi connectivity index (χ4v) is 6.79. The van der Waals surface area contributed by atoms with Crippen molar-refractivity contribution in [3.63, 3.8) is 0 Å². The Morgan fingerprint density at radius 1 is 1.25 bits per heavy atom. The zero-order valence-corrected chi connectivity index (χ0v) is 19.9. The van der Waals surface area contributed by atoms with Gasteiger partial charge in [0.15, 0.2) is 9.84 Å². The van der Waals surface area contributed by atoms with E-state index in [0.717, 1.165) is 12.0 Å². The molecule has 1 fully saturated rings. The topological polar surface area (TPSA) is 112 Å². The van der Waals surface area contributed by atoms with E-state index in [0.29, 0.717) is 40.9 Å². The summed E-state index contributed by atoms with van der Waals surface area (Å²) in [5.74, 6) is 0.665. The number of carbonyl (C=O) groups excluding carboxylic acids is 1. The van der Waals surface area contributed by atoms with Gasteiger partial charge in [-0.2, -0.15) is 0 Å². The fourth-order valence-electron chi connectivity index (χ4n) is 4.70. The number of hydrogen-bond acceptors (Lipinski definition) is 7. The third-order valence-electron chi connectivity index (χ3n) is 6.44. The number of ether oxygens (including phenoxy) is 2. The van der Waals surface area contributed by atoms with Crippen molar-refractivity contribution in [2.24, 2.45) is 0 Å². The van der Waals surface area contributed by atoms with Crippen molar-refractivity contribution in [2.45, 2.75) is 64.5 Å². The highest BCUT2D eigenvalue weighted by Crippen LogP contribution is 2.43. The van der Waals surface area contributed by atoms with E-state index in [1.165, 1.54) is 7.11 Å². The smallest absolute Gasteiger partial charge is 0.340 e. The molecule has 1 aromatic heterocycles. The summed E-state index contributed by atoms with van der Waals surface area (Å²) in [5.41, 5.74) is 0.338. The number of rotatable bonds is 4. The minimum absolute atomic E-state index is 0.0438. The lowest BCUT2D eigenvalue weighted by atomic mass is 9.91. The quantitative estimate of drug-likeness (QED) is 0.693. The van der Waals surface area contributed by atoms with Crippen molar-refractivity contribution in [3.8, 4) is 11.5 Å². The molecule has 174 valence electrons. The number of sulfone groups is 1. The first kappa shape index (κ1) is 22.6. The van der Waals surface area contributed by atoms with Crippen molar-refractivity contribution in [2.75, 3.05) is 18.6 Å². The highest BCUT2D eigenvalue weighted by atomic mass is 32.2. The van der Waals surface area contributed by atoms with Crippen LogP contribution in [0.3, 0.4) is 0 Å². The van der Waals surface area contributed by atoms with Crippen LogP contribution in [-0.4, -0.2) is 44.1 Å². The van der Waals surface area contributed by atoms with Crippen molar-refractivity contribution < 1.29 is 27.1 Å². The zero-order chi connectivity index (χ0) is 23.5. The molecule has 1 aromatic carbocycles. The molecule has 3 heterocycles. The Kier molecular flexibility index (Phi) is 5.31. The zero-order valence-electron chi connectivity index (χ0n) is 19.1. The molecule has 9 heteroatoms. The molecule has 8 nitrogen and oxygen atoms in total. The molecular weight excluding hydrogens is 434 g/mol. The monoisotopic (exact) mass is 463 g/mol. The van der Waals surface area contributed by atoms with Crippen molar-refractivity contribution in [1.82, 2.24) is 5.32 Å². The predicted molar refractivity (Wildman–Crippen MR) is 120 cm³/mol. The van der Waals surface area contributed by atoms with E-state index in [2.05, 4.69) is 5.32 Å². The fraction of sp³-hybridized carbons (Fsp3) is 0.565. The molecule has 2 aliphatic rings. The molecule has 0 unspecified atom stereocenters. The molecule has 1 amide bonds. The van der Waals surface area contributed by atoms with Gasteiger partial charge in [0, 0.05) is 11.6 Å². The first-order valence-corrected chi connectivity index (χ1v) is 12.5. The molecule has 0 radical (unpaired) electrons. The standard InChI is InChI=1S/C23H29NO7S/c1-13-15(10-18(25)24-23(4)8-9-32(27,28)12-23)21(26)30-20-14-6-7-22(2,3)31-16(14)11-17(29-5)19(13)20/h11H,6-10,12H2,1-5H3,(H,24,25)/t23-/m0/s1. The van der Waals surface area contributed by atoms with Crippen LogP contribution in [0.2, 0.25) is 0 Å². The second-order valence-corrected chi connectivity index (χ2v) is 11.9. The maximum Gasteiger partial charge on any atom is 0.340 e. The van der Waals surface area contributed by atoms with Crippen molar-refractivity contribution in [3.05, 3.63) is 33.2 Å². The maximum absolute atomic E-state index is 12.9. The number of benzene rings is 1. The Hall–Kier alpha value is -2.55. The van der Waals surface area contributed by atoms with Gasteiger partial charge in [0.25, 0.3) is 0 Å². The number of fused-ring (bicyclic) bond motifs is 3. The van der Waals surface area contributed by atoms with Crippen LogP contribution in [0.4, 0.5) is 0 Å². The van der Waals surface area contributed by atoms with Crippen LogP contribution in [0.1, 0.15) is 50.3 Å². The minimum Gasteiger partial charge on any atom is -0.496 e. The molecule has 0 saturated carbocycles. The van der Waals surface area contributed by atoms with Gasteiger partial charge in [0.1, 0.15) is 22.7 Å². The highest BCUT2D eigenvalue weighted by Gasteiger charge is 2.39. The number of nitrogens with one attached hydrogen (secondary N) is 1. The van der Waals surface area contributed by atoms with E-state index >= 15 is 0 Å². The normalized spacial score (nSPS) is 23.4. The van der Waals surface area contributed by atoms with E-state index < -0.39 is 26.9 Å². The second-order valence-electron chi connectivity index (χ2n) is 9.74. The Bertz CT molecular complexity index is 1280. The van der Waals surface area contributed by atoms with E-state index in [1.54, 1.807) is 19.9 Å². The Labute approximate surface area is 187 Å². The van der Waals surface area contributed by atoms with Crippen LogP contribution < -0.4 is 20.4 Å². The van der Waals surface area contributed by atoms with Gasteiger partial charge in [-0.3, -0.25) is 4.79 Å². The van der Waals surface area contributed by atoms with Crippen LogP contribution in [0.25, 0.3) is 11.0 Å². The lowest BCUT2D eigenvalue weighted by molar-refractivity contribution is -0.122. The largest absolute Gasteiger partial charge is 0.496 e. The van der Waals surface area contributed by atoms with Gasteiger partial charge in [-0.1, -0.05) is 0 Å². The number of methoxy groups -OCH3 is 1. The number of carbonyl (C=O) groups is 1. The molecule has 0 aliphatic carbocycles. The Balaban J connectivity index is 1.73. The van der Waals surface area contributed by atoms with Gasteiger partial charge in [-0.05, 0) is 52.5 Å². The highest BCUT2D eigenvalue weighted by molar-refractivity contribution is 7.91. The van der Waals surface area contributed by atoms with Crippen LogP contribution in [0.15, 0.2) is 15.3 Å². The summed E-state index contributed by atoms with van der Waals surface area (Å²) in [7, 11) is -1.63. The Morgan fingerprint density at radius 3 is 2.59 bits per heavy atom. The summed E-state index contributed by atoms with van der Waals surface area (Å²) in [4.78, 5) is 25.6. The van der Waals surface area contributed by atoms with E-state index in [-0.39, 0.29) is 29.1 Å². The lowest BCUT2D eigenvalue weighted by Gasteiger charge is -2.33. The van der Waals surface area contributed by atoms with E-state index in [1.807, 2.05) is 13.8 Å². The molecule has 0 bridgehead atoms. The van der Waals surface area contributed by atoms with Gasteiger partial charge in [-0.15, -0.1) is 0 Å². The minimum atomic E-state index is -3.17. The summed E-state index contributed by atoms with van der Waals surface area (Å²) < 4.78 is 41.0. The number of hydrogen-bond donors (Lipinski definition) is 1. The molecular formula is C23H29NO7S. The van der Waals surface area contributed by atoms with E-state index in [4.69, 9.17) is 13.9 Å². The molecule has 1 N–H and O–H groups in total. The summed E-state index contributed by atoms with van der Waals surface area (Å²) in [6, 6.07) is 1.81. The molecule has 2 aliphatic heterocycles. The van der Waals surface area contributed by atoms with Crippen LogP contribution >= 0.6 is 0 Å². The summed E-state index contributed by atoms with van der Waals surface area (Å²) in [6.07, 6.45) is 1.61. The average Bonchev–Trinajstić information content (AvgIpc) is 2.95. The first-order valence-electron chi connectivity index (χ1n) is 10.7.